The van der Waals surface area contributed by atoms with Gasteiger partial charge in [0.15, 0.2) is 0 Å². The first-order valence-corrected chi connectivity index (χ1v) is 7.52. The van der Waals surface area contributed by atoms with Crippen LogP contribution in [0.2, 0.25) is 0 Å². The number of furan rings is 1. The van der Waals surface area contributed by atoms with Gasteiger partial charge in [-0.25, -0.2) is 4.98 Å². The van der Waals surface area contributed by atoms with Crippen LogP contribution in [0.15, 0.2) is 28.4 Å². The van der Waals surface area contributed by atoms with E-state index in [0.717, 1.165) is 23.4 Å². The number of rotatable bonds is 6. The van der Waals surface area contributed by atoms with Crippen molar-refractivity contribution in [2.24, 2.45) is 5.73 Å². The molecule has 3 N–H and O–H groups in total. The molecule has 2 heterocycles. The van der Waals surface area contributed by atoms with Crippen LogP contribution in [0.5, 0.6) is 0 Å². The average molecular weight is 293 g/mol. The molecule has 108 valence electrons. The van der Waals surface area contributed by atoms with E-state index in [4.69, 9.17) is 10.2 Å². The Hall–Kier alpha value is -1.66. The molecular formula is C14H19N3O2S. The molecule has 2 rings (SSSR count). The van der Waals surface area contributed by atoms with E-state index >= 15 is 0 Å². The highest BCUT2D eigenvalue weighted by molar-refractivity contribution is 7.13. The lowest BCUT2D eigenvalue weighted by Crippen LogP contribution is -2.52. The monoisotopic (exact) mass is 293 g/mol. The second kappa shape index (κ2) is 6.19. The first-order valence-electron chi connectivity index (χ1n) is 6.65. The van der Waals surface area contributed by atoms with Crippen molar-refractivity contribution in [2.75, 3.05) is 6.54 Å². The lowest BCUT2D eigenvalue weighted by Gasteiger charge is -2.31. The van der Waals surface area contributed by atoms with Crippen molar-refractivity contribution in [1.82, 2.24) is 10.3 Å². The number of nitrogens with two attached hydrogens (primary N) is 1. The third-order valence-corrected chi connectivity index (χ3v) is 4.52. The third-order valence-electron chi connectivity index (χ3n) is 3.63. The summed E-state index contributed by atoms with van der Waals surface area (Å²) in [5.74, 6) is -0.176. The predicted molar refractivity (Wildman–Crippen MR) is 79.6 cm³/mol. The van der Waals surface area contributed by atoms with E-state index in [2.05, 4.69) is 10.3 Å². The van der Waals surface area contributed by atoms with E-state index in [1.54, 1.807) is 17.9 Å². The van der Waals surface area contributed by atoms with Gasteiger partial charge in [-0.3, -0.25) is 4.79 Å². The fraction of sp³-hybridized carbons (Fsp3) is 0.429. The summed E-state index contributed by atoms with van der Waals surface area (Å²) in [5.41, 5.74) is 6.74. The van der Waals surface area contributed by atoms with Crippen LogP contribution < -0.4 is 11.1 Å². The van der Waals surface area contributed by atoms with Crippen molar-refractivity contribution in [3.8, 4) is 10.6 Å². The van der Waals surface area contributed by atoms with Gasteiger partial charge >= 0.3 is 0 Å². The van der Waals surface area contributed by atoms with E-state index in [1.165, 1.54) is 11.3 Å². The van der Waals surface area contributed by atoms with E-state index in [1.807, 2.05) is 19.9 Å². The molecule has 1 amide bonds. The number of nitrogens with zero attached hydrogens (tertiary/aromatic N) is 1. The number of amides is 1. The van der Waals surface area contributed by atoms with E-state index in [0.29, 0.717) is 12.2 Å². The maximum absolute atomic E-state index is 12.3. The van der Waals surface area contributed by atoms with Crippen LogP contribution in [-0.2, 0) is 0 Å². The first-order chi connectivity index (χ1) is 9.64. The highest BCUT2D eigenvalue weighted by atomic mass is 32.1. The number of carbonyl (C=O) groups excluding carboxylic acids is 1. The van der Waals surface area contributed by atoms with Gasteiger partial charge in [-0.2, -0.15) is 0 Å². The minimum Gasteiger partial charge on any atom is -0.472 e. The number of nitrogens with one attached hydrogen (secondary N) is 1. The topological polar surface area (TPSA) is 81.1 Å². The average Bonchev–Trinajstić information content (AvgIpc) is 3.14. The van der Waals surface area contributed by atoms with Gasteiger partial charge in [0.2, 0.25) is 0 Å². The summed E-state index contributed by atoms with van der Waals surface area (Å²) in [5, 5.41) is 5.54. The number of hydrogen-bond acceptors (Lipinski definition) is 5. The standard InChI is InChI=1S/C14H19N3O2S/c1-3-14(4-2,9-15)17-12(18)11-8-20-13(16-11)10-5-6-19-7-10/h5-8H,3-4,9,15H2,1-2H3,(H,17,18). The Morgan fingerprint density at radius 1 is 1.50 bits per heavy atom. The molecule has 0 bridgehead atoms. The molecule has 0 aliphatic rings. The lowest BCUT2D eigenvalue weighted by molar-refractivity contribution is 0.0891. The van der Waals surface area contributed by atoms with Crippen LogP contribution in [0.1, 0.15) is 37.2 Å². The Morgan fingerprint density at radius 2 is 2.25 bits per heavy atom. The Bertz CT molecular complexity index is 550. The number of carbonyl (C=O) groups is 1. The second-order valence-corrected chi connectivity index (χ2v) is 5.55. The molecule has 0 aliphatic carbocycles. The predicted octanol–water partition coefficient (Wildman–Crippen LogP) is 2.65. The number of aromatic nitrogens is 1. The van der Waals surface area contributed by atoms with Crippen molar-refractivity contribution >= 4 is 17.2 Å². The Kier molecular flexibility index (Phi) is 4.57. The summed E-state index contributed by atoms with van der Waals surface area (Å²) in [6, 6.07) is 1.82. The molecule has 0 radical (unpaired) electrons. The van der Waals surface area contributed by atoms with Crippen LogP contribution in [0.3, 0.4) is 0 Å². The van der Waals surface area contributed by atoms with Crippen LogP contribution >= 0.6 is 11.3 Å². The van der Waals surface area contributed by atoms with Gasteiger partial charge in [0.1, 0.15) is 17.0 Å². The normalized spacial score (nSPS) is 11.6. The molecule has 2 aromatic rings. The smallest absolute Gasteiger partial charge is 0.271 e. The van der Waals surface area contributed by atoms with Crippen molar-refractivity contribution < 1.29 is 9.21 Å². The van der Waals surface area contributed by atoms with E-state index in [9.17, 15) is 4.79 Å². The van der Waals surface area contributed by atoms with Gasteiger partial charge < -0.3 is 15.5 Å². The van der Waals surface area contributed by atoms with Gasteiger partial charge in [-0.05, 0) is 18.9 Å². The zero-order valence-corrected chi connectivity index (χ0v) is 12.5. The second-order valence-electron chi connectivity index (χ2n) is 4.70. The maximum atomic E-state index is 12.3. The molecule has 5 nitrogen and oxygen atoms in total. The van der Waals surface area contributed by atoms with Crippen LogP contribution in [0.4, 0.5) is 0 Å². The molecule has 0 saturated carbocycles. The molecule has 0 aromatic carbocycles. The molecule has 0 aliphatic heterocycles. The van der Waals surface area contributed by atoms with Crippen molar-refractivity contribution in [1.29, 1.82) is 0 Å². The summed E-state index contributed by atoms with van der Waals surface area (Å²) in [6.07, 6.45) is 4.79. The quantitative estimate of drug-likeness (QED) is 0.858. The Balaban J connectivity index is 2.14. The van der Waals surface area contributed by atoms with Crippen molar-refractivity contribution in [2.45, 2.75) is 32.2 Å². The van der Waals surface area contributed by atoms with Crippen molar-refractivity contribution in [3.05, 3.63) is 29.7 Å². The van der Waals surface area contributed by atoms with Gasteiger partial charge in [-0.1, -0.05) is 13.8 Å². The molecule has 2 aromatic heterocycles. The molecule has 6 heteroatoms. The molecule has 0 atom stereocenters. The number of hydrogen-bond donors (Lipinski definition) is 2. The minimum absolute atomic E-state index is 0.176. The van der Waals surface area contributed by atoms with Crippen LogP contribution in [0, 0.1) is 0 Å². The third kappa shape index (κ3) is 2.91. The highest BCUT2D eigenvalue weighted by Crippen LogP contribution is 2.24. The largest absolute Gasteiger partial charge is 0.472 e. The molecule has 0 spiro atoms. The minimum atomic E-state index is -0.351. The zero-order chi connectivity index (χ0) is 14.6. The van der Waals surface area contributed by atoms with Gasteiger partial charge in [0.25, 0.3) is 5.91 Å². The SMILES string of the molecule is CCC(CC)(CN)NC(=O)c1csc(-c2ccoc2)n1. The molecule has 0 saturated heterocycles. The fourth-order valence-corrected chi connectivity index (χ4v) is 2.75. The van der Waals surface area contributed by atoms with Crippen LogP contribution in [-0.4, -0.2) is 23.0 Å². The summed E-state index contributed by atoms with van der Waals surface area (Å²) >= 11 is 1.42. The summed E-state index contributed by atoms with van der Waals surface area (Å²) in [4.78, 5) is 16.6. The Morgan fingerprint density at radius 3 is 2.80 bits per heavy atom. The molecule has 0 unspecified atom stereocenters. The number of thiazole rings is 1. The van der Waals surface area contributed by atoms with Crippen LogP contribution in [0.25, 0.3) is 10.6 Å². The highest BCUT2D eigenvalue weighted by Gasteiger charge is 2.27. The summed E-state index contributed by atoms with van der Waals surface area (Å²) < 4.78 is 5.02. The van der Waals surface area contributed by atoms with E-state index in [-0.39, 0.29) is 11.4 Å². The zero-order valence-electron chi connectivity index (χ0n) is 11.7. The first kappa shape index (κ1) is 14.7. The molecule has 20 heavy (non-hydrogen) atoms. The summed E-state index contributed by atoms with van der Waals surface area (Å²) in [6.45, 7) is 4.47. The maximum Gasteiger partial charge on any atom is 0.271 e. The van der Waals surface area contributed by atoms with Gasteiger partial charge in [0.05, 0.1) is 11.8 Å². The molecular weight excluding hydrogens is 274 g/mol. The lowest BCUT2D eigenvalue weighted by atomic mass is 9.93. The van der Waals surface area contributed by atoms with E-state index < -0.39 is 0 Å². The van der Waals surface area contributed by atoms with Crippen molar-refractivity contribution in [3.63, 3.8) is 0 Å². The summed E-state index contributed by atoms with van der Waals surface area (Å²) in [7, 11) is 0. The Labute approximate surface area is 122 Å². The fourth-order valence-electron chi connectivity index (χ4n) is 1.97. The van der Waals surface area contributed by atoms with Gasteiger partial charge in [0, 0.05) is 17.5 Å². The molecule has 0 fully saturated rings. The van der Waals surface area contributed by atoms with Gasteiger partial charge in [-0.15, -0.1) is 11.3 Å².